The lowest BCUT2D eigenvalue weighted by Crippen LogP contribution is -2.07. The molecule has 0 radical (unpaired) electrons. The number of fused-ring (bicyclic) bond motifs is 1. The number of aryl methyl sites for hydroxylation is 1. The van der Waals surface area contributed by atoms with Gasteiger partial charge in [0.2, 0.25) is 0 Å². The van der Waals surface area contributed by atoms with Crippen molar-refractivity contribution < 1.29 is 9.21 Å². The first-order valence-electron chi connectivity index (χ1n) is 10.1. The van der Waals surface area contributed by atoms with Crippen LogP contribution in [0.2, 0.25) is 10.0 Å². The third-order valence-corrected chi connectivity index (χ3v) is 6.05. The molecule has 0 bridgehead atoms. The van der Waals surface area contributed by atoms with Gasteiger partial charge in [-0.3, -0.25) is 4.79 Å². The van der Waals surface area contributed by atoms with Crippen molar-refractivity contribution in [3.63, 3.8) is 0 Å². The summed E-state index contributed by atoms with van der Waals surface area (Å²) in [6.07, 6.45) is 1.54. The Kier molecular flexibility index (Phi) is 5.44. The summed E-state index contributed by atoms with van der Waals surface area (Å²) in [6, 6.07) is 14.8. The van der Waals surface area contributed by atoms with E-state index >= 15 is 0 Å². The van der Waals surface area contributed by atoms with E-state index in [-0.39, 0.29) is 17.6 Å². The highest BCUT2D eigenvalue weighted by atomic mass is 35.5. The van der Waals surface area contributed by atoms with E-state index < -0.39 is 0 Å². The number of carbonyl (C=O) groups excluding carboxylic acids is 1. The van der Waals surface area contributed by atoms with Crippen molar-refractivity contribution in [2.24, 2.45) is 0 Å². The maximum Gasteiger partial charge on any atom is 0.289 e. The Balaban J connectivity index is 1.61. The number of hydrogen-bond donors (Lipinski definition) is 0. The number of carbonyl (C=O) groups is 1. The third-order valence-electron chi connectivity index (χ3n) is 5.46. The van der Waals surface area contributed by atoms with Crippen LogP contribution in [0.3, 0.4) is 0 Å². The van der Waals surface area contributed by atoms with E-state index in [1.54, 1.807) is 30.5 Å². The predicted octanol–water partition coefficient (Wildman–Crippen LogP) is 5.68. The normalized spacial score (nSPS) is 11.3. The fourth-order valence-electron chi connectivity index (χ4n) is 3.85. The van der Waals surface area contributed by atoms with Crippen molar-refractivity contribution in [3.05, 3.63) is 93.0 Å². The monoisotopic (exact) mass is 477 g/mol. The van der Waals surface area contributed by atoms with Crippen molar-refractivity contribution in [3.8, 4) is 11.6 Å². The third kappa shape index (κ3) is 3.90. The summed E-state index contributed by atoms with van der Waals surface area (Å²) in [4.78, 5) is 13.5. The Labute approximate surface area is 199 Å². The summed E-state index contributed by atoms with van der Waals surface area (Å²) in [5, 5.41) is 17.7. The number of rotatable bonds is 5. The fourth-order valence-corrected chi connectivity index (χ4v) is 4.32. The lowest BCUT2D eigenvalue weighted by Gasteiger charge is -2.11. The molecule has 0 aliphatic heterocycles. The summed E-state index contributed by atoms with van der Waals surface area (Å²) in [5.74, 6) is -0.326. The topological polar surface area (TPSA) is 86.7 Å². The van der Waals surface area contributed by atoms with Crippen molar-refractivity contribution in [1.29, 1.82) is 0 Å². The average Bonchev–Trinajstić information content (AvgIpc) is 3.39. The van der Waals surface area contributed by atoms with E-state index in [9.17, 15) is 4.79 Å². The van der Waals surface area contributed by atoms with Gasteiger partial charge in [0.25, 0.3) is 17.6 Å². The Bertz CT molecular complexity index is 1510. The summed E-state index contributed by atoms with van der Waals surface area (Å²) in [7, 11) is 0. The summed E-state index contributed by atoms with van der Waals surface area (Å²) < 4.78 is 7.71. The number of halogens is 2. The molecule has 3 heterocycles. The molecule has 0 saturated heterocycles. The van der Waals surface area contributed by atoms with Crippen LogP contribution in [0, 0.1) is 13.8 Å². The van der Waals surface area contributed by atoms with E-state index in [0.29, 0.717) is 27.8 Å². The molecule has 0 spiro atoms. The van der Waals surface area contributed by atoms with E-state index in [1.807, 2.05) is 38.1 Å². The number of ketones is 1. The van der Waals surface area contributed by atoms with Gasteiger partial charge in [-0.05, 0) is 55.8 Å². The molecule has 2 aromatic carbocycles. The van der Waals surface area contributed by atoms with E-state index in [1.165, 1.54) is 0 Å². The second-order valence-electron chi connectivity index (χ2n) is 7.65. The first-order valence-corrected chi connectivity index (χ1v) is 10.9. The van der Waals surface area contributed by atoms with Crippen LogP contribution < -0.4 is 0 Å². The van der Waals surface area contributed by atoms with Crippen LogP contribution in [0.1, 0.15) is 33.1 Å². The number of hydrogen-bond acceptors (Lipinski definition) is 6. The van der Waals surface area contributed by atoms with E-state index in [0.717, 1.165) is 27.7 Å². The second-order valence-corrected chi connectivity index (χ2v) is 8.50. The van der Waals surface area contributed by atoms with Crippen LogP contribution in [-0.2, 0) is 6.54 Å². The molecule has 33 heavy (non-hydrogen) atoms. The average molecular weight is 478 g/mol. The van der Waals surface area contributed by atoms with Crippen molar-refractivity contribution in [2.75, 3.05) is 0 Å². The SMILES string of the molecule is Cc1ccc2c(c1)c(C(=O)c1nnc(-c3cccnn3)o1)c(C)n2Cc1ccc(Cl)cc1Cl. The van der Waals surface area contributed by atoms with Crippen molar-refractivity contribution in [2.45, 2.75) is 20.4 Å². The van der Waals surface area contributed by atoms with Gasteiger partial charge in [-0.1, -0.05) is 40.9 Å². The Morgan fingerprint density at radius 1 is 1.03 bits per heavy atom. The zero-order chi connectivity index (χ0) is 23.1. The Morgan fingerprint density at radius 3 is 2.64 bits per heavy atom. The molecule has 7 nitrogen and oxygen atoms in total. The maximum absolute atomic E-state index is 13.5. The maximum atomic E-state index is 13.5. The quantitative estimate of drug-likeness (QED) is 0.302. The molecule has 3 aromatic heterocycles. The highest BCUT2D eigenvalue weighted by Gasteiger charge is 2.26. The van der Waals surface area contributed by atoms with Gasteiger partial charge in [0.05, 0.1) is 5.56 Å². The summed E-state index contributed by atoms with van der Waals surface area (Å²) >= 11 is 12.5. The van der Waals surface area contributed by atoms with Crippen LogP contribution in [0.5, 0.6) is 0 Å². The summed E-state index contributed by atoms with van der Waals surface area (Å²) in [5.41, 5.74) is 4.50. The van der Waals surface area contributed by atoms with E-state index in [2.05, 4.69) is 25.0 Å². The fraction of sp³-hybridized carbons (Fsp3) is 0.125. The van der Waals surface area contributed by atoms with Crippen LogP contribution >= 0.6 is 23.2 Å². The first-order chi connectivity index (χ1) is 15.9. The van der Waals surface area contributed by atoms with Gasteiger partial charge in [-0.15, -0.1) is 15.3 Å². The van der Waals surface area contributed by atoms with Gasteiger partial charge in [0.15, 0.2) is 0 Å². The molecule has 0 atom stereocenters. The zero-order valence-electron chi connectivity index (χ0n) is 17.7. The second kappa shape index (κ2) is 8.42. The van der Waals surface area contributed by atoms with Crippen LogP contribution in [0.25, 0.3) is 22.5 Å². The molecule has 5 aromatic rings. The molecule has 0 N–H and O–H groups in total. The molecule has 0 aliphatic carbocycles. The molecule has 9 heteroatoms. The van der Waals surface area contributed by atoms with Gasteiger partial charge in [-0.2, -0.15) is 5.10 Å². The molecule has 5 rings (SSSR count). The highest BCUT2D eigenvalue weighted by molar-refractivity contribution is 6.35. The Hall–Kier alpha value is -3.55. The molecule has 0 aliphatic rings. The van der Waals surface area contributed by atoms with Crippen LogP contribution in [-0.4, -0.2) is 30.7 Å². The largest absolute Gasteiger partial charge is 0.412 e. The van der Waals surface area contributed by atoms with Gasteiger partial charge in [-0.25, -0.2) is 0 Å². The minimum absolute atomic E-state index is 0.108. The molecule has 164 valence electrons. The van der Waals surface area contributed by atoms with Gasteiger partial charge >= 0.3 is 0 Å². The van der Waals surface area contributed by atoms with Gasteiger partial charge < -0.3 is 8.98 Å². The number of nitrogens with zero attached hydrogens (tertiary/aromatic N) is 5. The highest BCUT2D eigenvalue weighted by Crippen LogP contribution is 2.31. The molecule has 0 amide bonds. The van der Waals surface area contributed by atoms with Gasteiger partial charge in [0.1, 0.15) is 5.69 Å². The first kappa shape index (κ1) is 21.3. The zero-order valence-corrected chi connectivity index (χ0v) is 19.2. The molecular weight excluding hydrogens is 461 g/mol. The Morgan fingerprint density at radius 2 is 1.88 bits per heavy atom. The molecule has 0 fully saturated rings. The van der Waals surface area contributed by atoms with Crippen molar-refractivity contribution in [1.82, 2.24) is 25.0 Å². The summed E-state index contributed by atoms with van der Waals surface area (Å²) in [6.45, 7) is 4.35. The van der Waals surface area contributed by atoms with Gasteiger partial charge in [0, 0.05) is 39.4 Å². The number of aromatic nitrogens is 5. The standard InChI is InChI=1S/C24H17Cl2N5O2/c1-13-5-8-20-17(10-13)21(14(2)31(20)12-15-6-7-16(25)11-18(15)26)22(32)24-30-29-23(33-24)19-4-3-9-27-28-19/h3-11H,12H2,1-2H3. The molecule has 0 unspecified atom stereocenters. The van der Waals surface area contributed by atoms with Crippen LogP contribution in [0.15, 0.2) is 59.1 Å². The smallest absolute Gasteiger partial charge is 0.289 e. The lowest BCUT2D eigenvalue weighted by atomic mass is 10.0. The van der Waals surface area contributed by atoms with Crippen molar-refractivity contribution >= 4 is 39.9 Å². The minimum atomic E-state index is -0.355. The predicted molar refractivity (Wildman–Crippen MR) is 126 cm³/mol. The number of benzene rings is 2. The molecule has 0 saturated carbocycles. The van der Waals surface area contributed by atoms with Crippen LogP contribution in [0.4, 0.5) is 0 Å². The lowest BCUT2D eigenvalue weighted by molar-refractivity contribution is 0.100. The minimum Gasteiger partial charge on any atom is -0.412 e. The molecular formula is C24H17Cl2N5O2. The van der Waals surface area contributed by atoms with E-state index in [4.69, 9.17) is 27.6 Å².